The Morgan fingerprint density at radius 1 is 1.06 bits per heavy atom. The SMILES string of the molecule is CCNC(=NCc1ccccc1Cn1cccn1)NCC1COc2ccccc2O1.I. The number of benzene rings is 2. The monoisotopic (exact) mass is 533 g/mol. The summed E-state index contributed by atoms with van der Waals surface area (Å²) >= 11 is 0. The van der Waals surface area contributed by atoms with Crippen LogP contribution in [0.4, 0.5) is 0 Å². The van der Waals surface area contributed by atoms with Gasteiger partial charge in [-0.25, -0.2) is 4.99 Å². The number of rotatable bonds is 7. The van der Waals surface area contributed by atoms with Gasteiger partial charge in [0.1, 0.15) is 12.7 Å². The average Bonchev–Trinajstić information content (AvgIpc) is 3.29. The van der Waals surface area contributed by atoms with Gasteiger partial charge < -0.3 is 20.1 Å². The quantitative estimate of drug-likeness (QED) is 0.277. The van der Waals surface area contributed by atoms with Crippen LogP contribution in [0.25, 0.3) is 0 Å². The number of para-hydroxylation sites is 2. The number of aliphatic imine (C=N–C) groups is 1. The van der Waals surface area contributed by atoms with Crippen LogP contribution in [-0.4, -0.2) is 41.5 Å². The molecule has 0 fully saturated rings. The first-order valence-electron chi connectivity index (χ1n) is 10.3. The van der Waals surface area contributed by atoms with Crippen LogP contribution >= 0.6 is 24.0 Å². The minimum atomic E-state index is -0.0733. The van der Waals surface area contributed by atoms with Crippen LogP contribution in [0.3, 0.4) is 0 Å². The van der Waals surface area contributed by atoms with Gasteiger partial charge in [-0.15, -0.1) is 24.0 Å². The van der Waals surface area contributed by atoms with E-state index in [1.807, 2.05) is 53.3 Å². The lowest BCUT2D eigenvalue weighted by Gasteiger charge is -2.27. The lowest BCUT2D eigenvalue weighted by Crippen LogP contribution is -2.45. The first-order valence-corrected chi connectivity index (χ1v) is 10.3. The fourth-order valence-electron chi connectivity index (χ4n) is 3.31. The molecular weight excluding hydrogens is 505 g/mol. The van der Waals surface area contributed by atoms with Crippen molar-refractivity contribution in [3.05, 3.63) is 78.1 Å². The molecule has 0 saturated heterocycles. The zero-order chi connectivity index (χ0) is 20.6. The number of ether oxygens (including phenoxy) is 2. The van der Waals surface area contributed by atoms with E-state index >= 15 is 0 Å². The van der Waals surface area contributed by atoms with E-state index in [1.165, 1.54) is 11.1 Å². The lowest BCUT2D eigenvalue weighted by atomic mass is 10.1. The second-order valence-corrected chi connectivity index (χ2v) is 7.05. The minimum absolute atomic E-state index is 0. The van der Waals surface area contributed by atoms with Crippen molar-refractivity contribution in [1.29, 1.82) is 0 Å². The van der Waals surface area contributed by atoms with Gasteiger partial charge in [0.2, 0.25) is 0 Å². The van der Waals surface area contributed by atoms with Crippen molar-refractivity contribution < 1.29 is 9.47 Å². The molecule has 4 rings (SSSR count). The lowest BCUT2D eigenvalue weighted by molar-refractivity contribution is 0.0936. The first kappa shape index (κ1) is 22.9. The summed E-state index contributed by atoms with van der Waals surface area (Å²) in [6.07, 6.45) is 3.69. The van der Waals surface area contributed by atoms with Crippen molar-refractivity contribution in [3.8, 4) is 11.5 Å². The third kappa shape index (κ3) is 6.36. The van der Waals surface area contributed by atoms with Crippen molar-refractivity contribution >= 4 is 29.9 Å². The topological polar surface area (TPSA) is 72.7 Å². The van der Waals surface area contributed by atoms with Crippen LogP contribution in [0.5, 0.6) is 11.5 Å². The molecule has 1 aliphatic heterocycles. The molecule has 0 spiro atoms. The van der Waals surface area contributed by atoms with Crippen LogP contribution in [0.15, 0.2) is 72.0 Å². The van der Waals surface area contributed by atoms with Gasteiger partial charge in [0, 0.05) is 18.9 Å². The van der Waals surface area contributed by atoms with Crippen LogP contribution in [0, 0.1) is 0 Å². The van der Waals surface area contributed by atoms with Crippen molar-refractivity contribution in [2.75, 3.05) is 19.7 Å². The zero-order valence-electron chi connectivity index (χ0n) is 17.5. The van der Waals surface area contributed by atoms with E-state index in [0.717, 1.165) is 30.5 Å². The Hall–Kier alpha value is -2.75. The molecule has 8 heteroatoms. The van der Waals surface area contributed by atoms with Gasteiger partial charge >= 0.3 is 0 Å². The molecule has 7 nitrogen and oxygen atoms in total. The Morgan fingerprint density at radius 3 is 2.61 bits per heavy atom. The molecule has 2 heterocycles. The normalized spacial score (nSPS) is 15.1. The molecule has 0 aliphatic carbocycles. The number of halogens is 1. The molecule has 1 unspecified atom stereocenters. The largest absolute Gasteiger partial charge is 0.486 e. The highest BCUT2D eigenvalue weighted by Crippen LogP contribution is 2.30. The fourth-order valence-corrected chi connectivity index (χ4v) is 3.31. The number of hydrogen-bond acceptors (Lipinski definition) is 4. The highest BCUT2D eigenvalue weighted by molar-refractivity contribution is 14.0. The summed E-state index contributed by atoms with van der Waals surface area (Å²) in [6.45, 7) is 5.27. The van der Waals surface area contributed by atoms with Gasteiger partial charge in [0.15, 0.2) is 17.5 Å². The Morgan fingerprint density at radius 2 is 1.84 bits per heavy atom. The molecule has 0 amide bonds. The summed E-state index contributed by atoms with van der Waals surface area (Å²) in [5, 5.41) is 11.0. The Labute approximate surface area is 199 Å². The van der Waals surface area contributed by atoms with Gasteiger partial charge in [-0.3, -0.25) is 4.68 Å². The molecule has 164 valence electrons. The summed E-state index contributed by atoms with van der Waals surface area (Å²) in [7, 11) is 0. The first-order chi connectivity index (χ1) is 14.8. The van der Waals surface area contributed by atoms with E-state index in [2.05, 4.69) is 34.8 Å². The maximum absolute atomic E-state index is 6.02. The third-order valence-electron chi connectivity index (χ3n) is 4.83. The number of nitrogens with zero attached hydrogens (tertiary/aromatic N) is 3. The van der Waals surface area contributed by atoms with Gasteiger partial charge in [-0.1, -0.05) is 36.4 Å². The van der Waals surface area contributed by atoms with Crippen LogP contribution < -0.4 is 20.1 Å². The number of fused-ring (bicyclic) bond motifs is 1. The minimum Gasteiger partial charge on any atom is -0.486 e. The Kier molecular flexibility index (Phi) is 8.57. The van der Waals surface area contributed by atoms with E-state index in [9.17, 15) is 0 Å². The predicted molar refractivity (Wildman–Crippen MR) is 132 cm³/mol. The zero-order valence-corrected chi connectivity index (χ0v) is 19.9. The van der Waals surface area contributed by atoms with Gasteiger partial charge in [-0.05, 0) is 36.2 Å². The van der Waals surface area contributed by atoms with Crippen LogP contribution in [-0.2, 0) is 13.1 Å². The number of nitrogens with one attached hydrogen (secondary N) is 2. The summed E-state index contributed by atoms with van der Waals surface area (Å²) in [6, 6.07) is 18.0. The van der Waals surface area contributed by atoms with Crippen molar-refractivity contribution in [2.24, 2.45) is 4.99 Å². The number of guanidine groups is 1. The van der Waals surface area contributed by atoms with Crippen LogP contribution in [0.1, 0.15) is 18.1 Å². The standard InChI is InChI=1S/C23H27N5O2.HI/c1-2-24-23(26-15-20-17-29-21-10-5-6-11-22(21)30-20)25-14-18-8-3-4-9-19(18)16-28-13-7-12-27-28;/h3-13,20H,2,14-17H2,1H3,(H2,24,25,26);1H. The Bertz CT molecular complexity index is 978. The van der Waals surface area contributed by atoms with E-state index in [4.69, 9.17) is 14.5 Å². The maximum Gasteiger partial charge on any atom is 0.191 e. The summed E-state index contributed by atoms with van der Waals surface area (Å²) in [4.78, 5) is 4.77. The van der Waals surface area contributed by atoms with E-state index in [1.54, 1.807) is 6.20 Å². The molecule has 2 N–H and O–H groups in total. The van der Waals surface area contributed by atoms with Crippen molar-refractivity contribution in [3.63, 3.8) is 0 Å². The molecule has 1 aromatic heterocycles. The van der Waals surface area contributed by atoms with E-state index < -0.39 is 0 Å². The molecule has 31 heavy (non-hydrogen) atoms. The number of aromatic nitrogens is 2. The number of hydrogen-bond donors (Lipinski definition) is 2. The second kappa shape index (κ2) is 11.6. The third-order valence-corrected chi connectivity index (χ3v) is 4.83. The van der Waals surface area contributed by atoms with Gasteiger partial charge in [0.05, 0.1) is 19.6 Å². The average molecular weight is 533 g/mol. The van der Waals surface area contributed by atoms with E-state index in [-0.39, 0.29) is 30.1 Å². The van der Waals surface area contributed by atoms with Crippen LogP contribution in [0.2, 0.25) is 0 Å². The summed E-state index contributed by atoms with van der Waals surface area (Å²) in [5.74, 6) is 2.34. The second-order valence-electron chi connectivity index (χ2n) is 7.05. The molecule has 0 saturated carbocycles. The molecule has 0 bridgehead atoms. The molecular formula is C23H28IN5O2. The van der Waals surface area contributed by atoms with Gasteiger partial charge in [-0.2, -0.15) is 5.10 Å². The highest BCUT2D eigenvalue weighted by Gasteiger charge is 2.20. The molecule has 3 aromatic rings. The highest BCUT2D eigenvalue weighted by atomic mass is 127. The fraction of sp³-hybridized carbons (Fsp3) is 0.304. The molecule has 1 aliphatic rings. The maximum atomic E-state index is 6.02. The smallest absolute Gasteiger partial charge is 0.191 e. The molecule has 0 radical (unpaired) electrons. The molecule has 1 atom stereocenters. The Balaban J connectivity index is 0.00000272. The summed E-state index contributed by atoms with van der Waals surface area (Å²) in [5.41, 5.74) is 2.39. The predicted octanol–water partition coefficient (Wildman–Crippen LogP) is 3.44. The van der Waals surface area contributed by atoms with Crippen molar-refractivity contribution in [2.45, 2.75) is 26.1 Å². The van der Waals surface area contributed by atoms with Gasteiger partial charge in [0.25, 0.3) is 0 Å². The molecule has 2 aromatic carbocycles. The van der Waals surface area contributed by atoms with Crippen molar-refractivity contribution in [1.82, 2.24) is 20.4 Å². The summed E-state index contributed by atoms with van der Waals surface area (Å²) < 4.78 is 13.7. The van der Waals surface area contributed by atoms with E-state index in [0.29, 0.717) is 19.7 Å².